The lowest BCUT2D eigenvalue weighted by Crippen LogP contribution is -2.29. The Labute approximate surface area is 94.1 Å². The largest absolute Gasteiger partial charge is 0.481 e. The van der Waals surface area contributed by atoms with E-state index in [2.05, 4.69) is 9.88 Å². The number of carbonyl (C=O) groups is 1. The van der Waals surface area contributed by atoms with Gasteiger partial charge in [0.2, 0.25) is 5.89 Å². The van der Waals surface area contributed by atoms with Crippen molar-refractivity contribution < 1.29 is 14.3 Å². The Hall–Kier alpha value is -1.36. The topological polar surface area (TPSA) is 66.6 Å². The summed E-state index contributed by atoms with van der Waals surface area (Å²) in [6.45, 7) is 2.85. The molecule has 88 valence electrons. The molecule has 1 aliphatic heterocycles. The molecule has 0 radical (unpaired) electrons. The number of carboxylic acids is 1. The van der Waals surface area contributed by atoms with E-state index >= 15 is 0 Å². The van der Waals surface area contributed by atoms with E-state index in [1.807, 2.05) is 0 Å². The first-order valence-electron chi connectivity index (χ1n) is 5.61. The summed E-state index contributed by atoms with van der Waals surface area (Å²) in [6.07, 6.45) is 5.12. The van der Waals surface area contributed by atoms with Gasteiger partial charge in [-0.1, -0.05) is 6.42 Å². The van der Waals surface area contributed by atoms with Gasteiger partial charge < -0.3 is 9.52 Å². The molecule has 1 aliphatic rings. The quantitative estimate of drug-likeness (QED) is 0.834. The summed E-state index contributed by atoms with van der Waals surface area (Å²) in [6, 6.07) is 0. The van der Waals surface area contributed by atoms with E-state index in [-0.39, 0.29) is 6.42 Å². The van der Waals surface area contributed by atoms with Gasteiger partial charge in [-0.15, -0.1) is 0 Å². The highest BCUT2D eigenvalue weighted by molar-refractivity contribution is 5.69. The van der Waals surface area contributed by atoms with Crippen molar-refractivity contribution in [3.63, 3.8) is 0 Å². The second-order valence-electron chi connectivity index (χ2n) is 4.14. The van der Waals surface area contributed by atoms with Crippen LogP contribution in [0.25, 0.3) is 0 Å². The van der Waals surface area contributed by atoms with E-state index in [1.54, 1.807) is 0 Å². The fraction of sp³-hybridized carbons (Fsp3) is 0.636. The van der Waals surface area contributed by atoms with E-state index in [4.69, 9.17) is 9.52 Å². The number of nitrogens with zero attached hydrogens (tertiary/aromatic N) is 2. The van der Waals surface area contributed by atoms with E-state index in [0.29, 0.717) is 18.1 Å². The SMILES string of the molecule is O=C(O)Cc1coc(CN2CCCCC2)n1. The Balaban J connectivity index is 1.88. The molecule has 0 bridgehead atoms. The maximum atomic E-state index is 10.5. The minimum Gasteiger partial charge on any atom is -0.481 e. The van der Waals surface area contributed by atoms with Gasteiger partial charge in [-0.25, -0.2) is 4.98 Å². The van der Waals surface area contributed by atoms with Crippen LogP contribution in [-0.4, -0.2) is 34.0 Å². The Kier molecular flexibility index (Phi) is 3.56. The van der Waals surface area contributed by atoms with Crippen LogP contribution >= 0.6 is 0 Å². The molecule has 1 N–H and O–H groups in total. The summed E-state index contributed by atoms with van der Waals surface area (Å²) >= 11 is 0. The number of aromatic nitrogens is 1. The fourth-order valence-corrected chi connectivity index (χ4v) is 1.97. The molecule has 5 heteroatoms. The van der Waals surface area contributed by atoms with Crippen LogP contribution < -0.4 is 0 Å². The summed E-state index contributed by atoms with van der Waals surface area (Å²) in [5.41, 5.74) is 0.500. The molecule has 2 rings (SSSR count). The van der Waals surface area contributed by atoms with E-state index in [9.17, 15) is 4.79 Å². The smallest absolute Gasteiger partial charge is 0.309 e. The highest BCUT2D eigenvalue weighted by Gasteiger charge is 2.14. The fourth-order valence-electron chi connectivity index (χ4n) is 1.97. The van der Waals surface area contributed by atoms with Crippen molar-refractivity contribution in [3.05, 3.63) is 17.8 Å². The molecule has 1 fully saturated rings. The van der Waals surface area contributed by atoms with E-state index in [0.717, 1.165) is 13.1 Å². The zero-order chi connectivity index (χ0) is 11.4. The number of hydrogen-bond acceptors (Lipinski definition) is 4. The van der Waals surface area contributed by atoms with Crippen molar-refractivity contribution in [1.29, 1.82) is 0 Å². The summed E-state index contributed by atoms with van der Waals surface area (Å²) in [5.74, 6) is -0.254. The predicted octanol–water partition coefficient (Wildman–Crippen LogP) is 1.29. The molecule has 1 aromatic heterocycles. The van der Waals surface area contributed by atoms with Gasteiger partial charge in [0.25, 0.3) is 0 Å². The van der Waals surface area contributed by atoms with Crippen LogP contribution in [0.15, 0.2) is 10.7 Å². The average Bonchev–Trinajstić information content (AvgIpc) is 2.66. The molecule has 2 heterocycles. The Morgan fingerprint density at radius 2 is 2.19 bits per heavy atom. The van der Waals surface area contributed by atoms with Crippen LogP contribution in [0.1, 0.15) is 30.8 Å². The molecule has 0 atom stereocenters. The first kappa shape index (κ1) is 11.1. The van der Waals surface area contributed by atoms with Gasteiger partial charge in [-0.3, -0.25) is 9.69 Å². The van der Waals surface area contributed by atoms with Crippen molar-refractivity contribution in [2.75, 3.05) is 13.1 Å². The van der Waals surface area contributed by atoms with Gasteiger partial charge >= 0.3 is 5.97 Å². The maximum absolute atomic E-state index is 10.5. The number of aliphatic carboxylic acids is 1. The third kappa shape index (κ3) is 3.06. The van der Waals surface area contributed by atoms with Crippen molar-refractivity contribution in [2.24, 2.45) is 0 Å². The van der Waals surface area contributed by atoms with Gasteiger partial charge in [-0.2, -0.15) is 0 Å². The number of piperidine rings is 1. The third-order valence-corrected chi connectivity index (χ3v) is 2.74. The Morgan fingerprint density at radius 1 is 1.44 bits per heavy atom. The molecule has 0 unspecified atom stereocenters. The number of likely N-dealkylation sites (tertiary alicyclic amines) is 1. The van der Waals surface area contributed by atoms with E-state index in [1.165, 1.54) is 25.5 Å². The average molecular weight is 224 g/mol. The summed E-state index contributed by atoms with van der Waals surface area (Å²) in [5, 5.41) is 8.61. The van der Waals surface area contributed by atoms with Crippen molar-refractivity contribution in [2.45, 2.75) is 32.2 Å². The minimum absolute atomic E-state index is 0.0660. The highest BCUT2D eigenvalue weighted by atomic mass is 16.4. The summed E-state index contributed by atoms with van der Waals surface area (Å²) in [7, 11) is 0. The lowest BCUT2D eigenvalue weighted by atomic mass is 10.1. The molecule has 5 nitrogen and oxygen atoms in total. The number of hydrogen-bond donors (Lipinski definition) is 1. The molecule has 1 saturated heterocycles. The molecule has 0 aromatic carbocycles. The zero-order valence-corrected chi connectivity index (χ0v) is 9.19. The van der Waals surface area contributed by atoms with E-state index < -0.39 is 5.97 Å². The van der Waals surface area contributed by atoms with Crippen LogP contribution in [-0.2, 0) is 17.8 Å². The Morgan fingerprint density at radius 3 is 2.88 bits per heavy atom. The van der Waals surface area contributed by atoms with Gasteiger partial charge in [0.15, 0.2) is 0 Å². The minimum atomic E-state index is -0.877. The predicted molar refractivity (Wildman–Crippen MR) is 57.0 cm³/mol. The highest BCUT2D eigenvalue weighted by Crippen LogP contribution is 2.12. The van der Waals surface area contributed by atoms with Crippen LogP contribution in [0.2, 0.25) is 0 Å². The maximum Gasteiger partial charge on any atom is 0.309 e. The van der Waals surface area contributed by atoms with Gasteiger partial charge in [0.05, 0.1) is 18.7 Å². The van der Waals surface area contributed by atoms with Crippen LogP contribution in [0.3, 0.4) is 0 Å². The van der Waals surface area contributed by atoms with Crippen LogP contribution in [0, 0.1) is 0 Å². The van der Waals surface area contributed by atoms with Crippen molar-refractivity contribution in [3.8, 4) is 0 Å². The van der Waals surface area contributed by atoms with Gasteiger partial charge in [0, 0.05) is 0 Å². The number of carboxylic acid groups (broad SMARTS) is 1. The monoisotopic (exact) mass is 224 g/mol. The van der Waals surface area contributed by atoms with Gasteiger partial charge in [-0.05, 0) is 25.9 Å². The van der Waals surface area contributed by atoms with Crippen molar-refractivity contribution >= 4 is 5.97 Å². The third-order valence-electron chi connectivity index (χ3n) is 2.74. The molecule has 1 aromatic rings. The number of oxazole rings is 1. The molecule has 0 saturated carbocycles. The second kappa shape index (κ2) is 5.12. The molecule has 0 aliphatic carbocycles. The normalized spacial score (nSPS) is 17.5. The molecule has 16 heavy (non-hydrogen) atoms. The lowest BCUT2D eigenvalue weighted by Gasteiger charge is -2.24. The van der Waals surface area contributed by atoms with Crippen LogP contribution in [0.5, 0.6) is 0 Å². The number of rotatable bonds is 4. The molecule has 0 amide bonds. The Bertz CT molecular complexity index is 356. The second-order valence-corrected chi connectivity index (χ2v) is 4.14. The molecule has 0 spiro atoms. The van der Waals surface area contributed by atoms with Crippen molar-refractivity contribution in [1.82, 2.24) is 9.88 Å². The molecular formula is C11H16N2O3. The van der Waals surface area contributed by atoms with Gasteiger partial charge in [0.1, 0.15) is 6.26 Å². The van der Waals surface area contributed by atoms with Crippen LogP contribution in [0.4, 0.5) is 0 Å². The first-order valence-corrected chi connectivity index (χ1v) is 5.61. The standard InChI is InChI=1S/C11H16N2O3/c14-11(15)6-9-8-16-10(12-9)7-13-4-2-1-3-5-13/h8H,1-7H2,(H,14,15). The molecular weight excluding hydrogens is 208 g/mol. The summed E-state index contributed by atoms with van der Waals surface area (Å²) < 4.78 is 5.25. The summed E-state index contributed by atoms with van der Waals surface area (Å²) in [4.78, 5) is 16.9. The zero-order valence-electron chi connectivity index (χ0n) is 9.19. The lowest BCUT2D eigenvalue weighted by molar-refractivity contribution is -0.136. The first-order chi connectivity index (χ1) is 7.74.